The highest BCUT2D eigenvalue weighted by Gasteiger charge is 2.21. The minimum absolute atomic E-state index is 0.0534. The minimum Gasteiger partial charge on any atom is -0.354 e. The lowest BCUT2D eigenvalue weighted by Gasteiger charge is -2.25. The average Bonchev–Trinajstić information content (AvgIpc) is 2.55. The fourth-order valence-electron chi connectivity index (χ4n) is 3.14. The molecule has 1 N–H and O–H groups in total. The number of nitrogens with zero attached hydrogens (tertiary/aromatic N) is 1. The molecule has 2 amide bonds. The zero-order chi connectivity index (χ0) is 16.8. The van der Waals surface area contributed by atoms with E-state index in [0.717, 1.165) is 36.9 Å². The Morgan fingerprint density at radius 3 is 2.61 bits per heavy atom. The van der Waals surface area contributed by atoms with Crippen LogP contribution in [0.2, 0.25) is 5.02 Å². The molecule has 0 saturated heterocycles. The van der Waals surface area contributed by atoms with Crippen LogP contribution in [-0.4, -0.2) is 24.9 Å². The van der Waals surface area contributed by atoms with Gasteiger partial charge in [0.05, 0.1) is 0 Å². The van der Waals surface area contributed by atoms with Gasteiger partial charge >= 0.3 is 0 Å². The van der Waals surface area contributed by atoms with E-state index in [0.29, 0.717) is 18.1 Å². The molecule has 23 heavy (non-hydrogen) atoms. The standard InChI is InChI=1S/C18H25ClN2O2/c1-13-16(19)9-6-10-17(13)21(14(2)22)12-11-20-18(23)15-7-4-3-5-8-15/h6,9-10,15H,3-5,7-8,11-12H2,1-2H3,(H,20,23). The van der Waals surface area contributed by atoms with E-state index in [9.17, 15) is 9.59 Å². The van der Waals surface area contributed by atoms with Gasteiger partial charge in [-0.1, -0.05) is 36.9 Å². The second-order valence-corrected chi connectivity index (χ2v) is 6.59. The summed E-state index contributed by atoms with van der Waals surface area (Å²) in [6.07, 6.45) is 5.47. The lowest BCUT2D eigenvalue weighted by Crippen LogP contribution is -2.40. The Hall–Kier alpha value is -1.55. The van der Waals surface area contributed by atoms with Crippen molar-refractivity contribution in [2.24, 2.45) is 5.92 Å². The van der Waals surface area contributed by atoms with Crippen LogP contribution in [0.1, 0.15) is 44.6 Å². The van der Waals surface area contributed by atoms with Crippen LogP contribution in [0, 0.1) is 12.8 Å². The quantitative estimate of drug-likeness (QED) is 0.891. The van der Waals surface area contributed by atoms with Crippen LogP contribution in [0.25, 0.3) is 0 Å². The summed E-state index contributed by atoms with van der Waals surface area (Å²) < 4.78 is 0. The molecule has 0 bridgehead atoms. The maximum atomic E-state index is 12.2. The maximum absolute atomic E-state index is 12.2. The molecule has 4 nitrogen and oxygen atoms in total. The van der Waals surface area contributed by atoms with E-state index in [2.05, 4.69) is 5.32 Å². The Kier molecular flexibility index (Phi) is 6.46. The summed E-state index contributed by atoms with van der Waals surface area (Å²) in [5.41, 5.74) is 1.68. The van der Waals surface area contributed by atoms with Gasteiger partial charge in [0.15, 0.2) is 0 Å². The van der Waals surface area contributed by atoms with Gasteiger partial charge in [0.2, 0.25) is 11.8 Å². The topological polar surface area (TPSA) is 49.4 Å². The SMILES string of the molecule is CC(=O)N(CCNC(=O)C1CCCCC1)c1cccc(Cl)c1C. The van der Waals surface area contributed by atoms with Gasteiger partial charge in [-0.05, 0) is 37.5 Å². The Bertz CT molecular complexity index is 568. The molecule has 0 atom stereocenters. The molecule has 126 valence electrons. The lowest BCUT2D eigenvalue weighted by atomic mass is 9.89. The van der Waals surface area contributed by atoms with E-state index in [4.69, 9.17) is 11.6 Å². The number of halogens is 1. The predicted molar refractivity (Wildman–Crippen MR) is 93.8 cm³/mol. The summed E-state index contributed by atoms with van der Waals surface area (Å²) in [6, 6.07) is 5.52. The number of carbonyl (C=O) groups is 2. The molecule has 1 aromatic rings. The van der Waals surface area contributed by atoms with Gasteiger partial charge in [0.1, 0.15) is 0 Å². The van der Waals surface area contributed by atoms with Gasteiger partial charge in [0.25, 0.3) is 0 Å². The van der Waals surface area contributed by atoms with Crippen LogP contribution >= 0.6 is 11.6 Å². The van der Waals surface area contributed by atoms with Crippen molar-refractivity contribution in [3.8, 4) is 0 Å². The molecule has 1 fully saturated rings. The zero-order valence-corrected chi connectivity index (χ0v) is 14.7. The second-order valence-electron chi connectivity index (χ2n) is 6.18. The first kappa shape index (κ1) is 17.8. The van der Waals surface area contributed by atoms with Gasteiger partial charge in [0, 0.05) is 36.6 Å². The third kappa shape index (κ3) is 4.71. The minimum atomic E-state index is -0.0534. The highest BCUT2D eigenvalue weighted by Crippen LogP contribution is 2.26. The number of amides is 2. The van der Waals surface area contributed by atoms with Gasteiger partial charge in [-0.25, -0.2) is 0 Å². The van der Waals surface area contributed by atoms with Crippen molar-refractivity contribution in [2.45, 2.75) is 46.0 Å². The van der Waals surface area contributed by atoms with Gasteiger partial charge < -0.3 is 10.2 Å². The van der Waals surface area contributed by atoms with Crippen LogP contribution in [0.5, 0.6) is 0 Å². The normalized spacial score (nSPS) is 15.3. The van der Waals surface area contributed by atoms with Crippen LogP contribution in [0.15, 0.2) is 18.2 Å². The summed E-state index contributed by atoms with van der Waals surface area (Å²) in [6.45, 7) is 4.34. The van der Waals surface area contributed by atoms with Crippen molar-refractivity contribution in [3.05, 3.63) is 28.8 Å². The monoisotopic (exact) mass is 336 g/mol. The lowest BCUT2D eigenvalue weighted by molar-refractivity contribution is -0.126. The zero-order valence-electron chi connectivity index (χ0n) is 13.9. The molecular formula is C18H25ClN2O2. The van der Waals surface area contributed by atoms with E-state index in [-0.39, 0.29) is 17.7 Å². The summed E-state index contributed by atoms with van der Waals surface area (Å²) in [5.74, 6) is 0.209. The molecular weight excluding hydrogens is 312 g/mol. The molecule has 5 heteroatoms. The van der Waals surface area contributed by atoms with E-state index < -0.39 is 0 Å². The number of hydrogen-bond donors (Lipinski definition) is 1. The van der Waals surface area contributed by atoms with Crippen molar-refractivity contribution in [1.82, 2.24) is 5.32 Å². The van der Waals surface area contributed by atoms with Crippen LogP contribution in [-0.2, 0) is 9.59 Å². The molecule has 0 spiro atoms. The summed E-state index contributed by atoms with van der Waals surface area (Å²) in [5, 5.41) is 3.61. The fourth-order valence-corrected chi connectivity index (χ4v) is 3.31. The van der Waals surface area contributed by atoms with Gasteiger partial charge in [-0.15, -0.1) is 0 Å². The predicted octanol–water partition coefficient (Wildman–Crippen LogP) is 3.70. The highest BCUT2D eigenvalue weighted by atomic mass is 35.5. The van der Waals surface area contributed by atoms with Crippen molar-refractivity contribution in [2.75, 3.05) is 18.0 Å². The number of rotatable bonds is 5. The summed E-state index contributed by atoms with van der Waals surface area (Å²) in [7, 11) is 0. The number of anilines is 1. The number of hydrogen-bond acceptors (Lipinski definition) is 2. The van der Waals surface area contributed by atoms with E-state index in [1.807, 2.05) is 25.1 Å². The molecule has 0 aromatic heterocycles. The first-order valence-corrected chi connectivity index (χ1v) is 8.69. The number of benzene rings is 1. The molecule has 1 saturated carbocycles. The van der Waals surface area contributed by atoms with Crippen molar-refractivity contribution in [1.29, 1.82) is 0 Å². The molecule has 0 radical (unpaired) electrons. The van der Waals surface area contributed by atoms with Crippen molar-refractivity contribution in [3.63, 3.8) is 0 Å². The molecule has 1 aliphatic rings. The summed E-state index contributed by atoms with van der Waals surface area (Å²) >= 11 is 6.14. The van der Waals surface area contributed by atoms with Crippen LogP contribution < -0.4 is 10.2 Å². The Labute approximate surface area is 143 Å². The first-order chi connectivity index (χ1) is 11.0. The Balaban J connectivity index is 1.94. The van der Waals surface area contributed by atoms with Crippen LogP contribution in [0.4, 0.5) is 5.69 Å². The number of carbonyl (C=O) groups excluding carboxylic acids is 2. The van der Waals surface area contributed by atoms with E-state index in [1.165, 1.54) is 13.3 Å². The highest BCUT2D eigenvalue weighted by molar-refractivity contribution is 6.31. The van der Waals surface area contributed by atoms with E-state index >= 15 is 0 Å². The molecule has 0 heterocycles. The third-order valence-corrected chi connectivity index (χ3v) is 4.93. The Morgan fingerprint density at radius 2 is 1.96 bits per heavy atom. The largest absolute Gasteiger partial charge is 0.354 e. The maximum Gasteiger partial charge on any atom is 0.223 e. The van der Waals surface area contributed by atoms with Gasteiger partial charge in [-0.3, -0.25) is 9.59 Å². The van der Waals surface area contributed by atoms with Crippen molar-refractivity contribution >= 4 is 29.1 Å². The first-order valence-electron chi connectivity index (χ1n) is 8.31. The Morgan fingerprint density at radius 1 is 1.26 bits per heavy atom. The number of nitrogens with one attached hydrogen (secondary N) is 1. The molecule has 1 aliphatic carbocycles. The smallest absolute Gasteiger partial charge is 0.223 e. The summed E-state index contributed by atoms with van der Waals surface area (Å²) in [4.78, 5) is 25.8. The molecule has 1 aromatic carbocycles. The van der Waals surface area contributed by atoms with E-state index in [1.54, 1.807) is 4.90 Å². The van der Waals surface area contributed by atoms with Crippen molar-refractivity contribution < 1.29 is 9.59 Å². The fraction of sp³-hybridized carbons (Fsp3) is 0.556. The molecule has 0 aliphatic heterocycles. The third-order valence-electron chi connectivity index (χ3n) is 4.52. The molecule has 2 rings (SSSR count). The van der Waals surface area contributed by atoms with Crippen LogP contribution in [0.3, 0.4) is 0 Å². The molecule has 0 unspecified atom stereocenters. The van der Waals surface area contributed by atoms with Gasteiger partial charge in [-0.2, -0.15) is 0 Å². The second kappa shape index (κ2) is 8.34. The average molecular weight is 337 g/mol.